The number of hydrogen-bond acceptors (Lipinski definition) is 1. The molecule has 0 aromatic heterocycles. The molecule has 0 amide bonds. The lowest BCUT2D eigenvalue weighted by atomic mass is 9.95. The summed E-state index contributed by atoms with van der Waals surface area (Å²) in [5.74, 6) is -1.09. The van der Waals surface area contributed by atoms with Crippen molar-refractivity contribution in [1.82, 2.24) is 0 Å². The zero-order chi connectivity index (χ0) is 16.8. The maximum absolute atomic E-state index is 12.9. The van der Waals surface area contributed by atoms with Crippen molar-refractivity contribution in [3.8, 4) is 0 Å². The molecule has 0 radical (unpaired) electrons. The smallest absolute Gasteiger partial charge is 0.416 e. The zero-order valence-corrected chi connectivity index (χ0v) is 12.6. The van der Waals surface area contributed by atoms with Gasteiger partial charge in [0.15, 0.2) is 0 Å². The summed E-state index contributed by atoms with van der Waals surface area (Å²) in [4.78, 5) is 11.0. The Kier molecular flexibility index (Phi) is 3.84. The molecule has 1 aliphatic carbocycles. The summed E-state index contributed by atoms with van der Waals surface area (Å²) in [6.07, 6.45) is -3.50. The average Bonchev–Trinajstić information content (AvgIpc) is 2.91. The topological polar surface area (TPSA) is 37.3 Å². The molecular weight excluding hydrogens is 329 g/mol. The maximum Gasteiger partial charge on any atom is 0.416 e. The Morgan fingerprint density at radius 3 is 2.57 bits per heavy atom. The first-order chi connectivity index (χ1) is 10.8. The van der Waals surface area contributed by atoms with Gasteiger partial charge >= 0.3 is 12.1 Å². The quantitative estimate of drug-likeness (QED) is 0.840. The van der Waals surface area contributed by atoms with Crippen molar-refractivity contribution in [2.45, 2.75) is 24.9 Å². The van der Waals surface area contributed by atoms with E-state index >= 15 is 0 Å². The van der Waals surface area contributed by atoms with Crippen molar-refractivity contribution in [2.75, 3.05) is 0 Å². The van der Waals surface area contributed by atoms with Gasteiger partial charge in [-0.15, -0.1) is 0 Å². The van der Waals surface area contributed by atoms with Gasteiger partial charge in [-0.05, 0) is 59.7 Å². The van der Waals surface area contributed by atoms with Gasteiger partial charge in [0.2, 0.25) is 0 Å². The third-order valence-corrected chi connectivity index (χ3v) is 4.47. The highest BCUT2D eigenvalue weighted by atomic mass is 35.5. The highest BCUT2D eigenvalue weighted by Gasteiger charge is 2.34. The van der Waals surface area contributed by atoms with Crippen molar-refractivity contribution >= 4 is 17.6 Å². The van der Waals surface area contributed by atoms with E-state index in [-0.39, 0.29) is 16.5 Å². The lowest BCUT2D eigenvalue weighted by Gasteiger charge is -2.10. The van der Waals surface area contributed by atoms with Gasteiger partial charge in [0, 0.05) is 5.02 Å². The molecule has 0 saturated carbocycles. The van der Waals surface area contributed by atoms with E-state index in [2.05, 4.69) is 0 Å². The van der Waals surface area contributed by atoms with E-state index in [1.165, 1.54) is 6.07 Å². The largest absolute Gasteiger partial charge is 0.478 e. The van der Waals surface area contributed by atoms with Crippen molar-refractivity contribution in [3.05, 3.63) is 69.2 Å². The highest BCUT2D eigenvalue weighted by molar-refractivity contribution is 6.31. The molecule has 23 heavy (non-hydrogen) atoms. The molecule has 120 valence electrons. The van der Waals surface area contributed by atoms with Crippen LogP contribution in [0, 0.1) is 0 Å². The molecule has 6 heteroatoms. The van der Waals surface area contributed by atoms with E-state index in [0.29, 0.717) is 24.0 Å². The van der Waals surface area contributed by atoms with Crippen LogP contribution in [0.4, 0.5) is 13.2 Å². The second-order valence-electron chi connectivity index (χ2n) is 5.63. The monoisotopic (exact) mass is 340 g/mol. The number of hydrogen-bond donors (Lipinski definition) is 1. The van der Waals surface area contributed by atoms with Crippen LogP contribution in [0.25, 0.3) is 0 Å². The molecule has 3 rings (SSSR count). The fourth-order valence-electron chi connectivity index (χ4n) is 3.01. The van der Waals surface area contributed by atoms with E-state index in [0.717, 1.165) is 17.7 Å². The van der Waals surface area contributed by atoms with Gasteiger partial charge in [0.25, 0.3) is 0 Å². The van der Waals surface area contributed by atoms with Crippen LogP contribution in [0.5, 0.6) is 0 Å². The Balaban J connectivity index is 1.94. The number of aromatic carboxylic acids is 1. The number of carboxylic acids is 1. The van der Waals surface area contributed by atoms with Crippen molar-refractivity contribution in [3.63, 3.8) is 0 Å². The summed E-state index contributed by atoms with van der Waals surface area (Å²) >= 11 is 6.02. The molecule has 1 N–H and O–H groups in total. The Morgan fingerprint density at radius 1 is 1.17 bits per heavy atom. The van der Waals surface area contributed by atoms with Gasteiger partial charge in [0.1, 0.15) is 0 Å². The molecule has 1 aliphatic rings. The van der Waals surface area contributed by atoms with Gasteiger partial charge in [-0.25, -0.2) is 4.79 Å². The summed E-state index contributed by atoms with van der Waals surface area (Å²) < 4.78 is 38.6. The van der Waals surface area contributed by atoms with Crippen LogP contribution in [-0.2, 0) is 19.0 Å². The number of fused-ring (bicyclic) bond motifs is 1. The summed E-state index contributed by atoms with van der Waals surface area (Å²) in [6.45, 7) is 0. The van der Waals surface area contributed by atoms with Crippen molar-refractivity contribution < 1.29 is 23.1 Å². The predicted molar refractivity (Wildman–Crippen MR) is 80.0 cm³/mol. The fraction of sp³-hybridized carbons (Fsp3) is 0.235. The zero-order valence-electron chi connectivity index (χ0n) is 11.8. The maximum atomic E-state index is 12.9. The molecule has 0 aliphatic heterocycles. The number of alkyl halides is 3. The first-order valence-corrected chi connectivity index (χ1v) is 7.35. The molecule has 0 fully saturated rings. The Hall–Kier alpha value is -2.01. The van der Waals surface area contributed by atoms with Crippen LogP contribution in [0.15, 0.2) is 36.4 Å². The van der Waals surface area contributed by atoms with Gasteiger partial charge in [0.05, 0.1) is 11.1 Å². The minimum absolute atomic E-state index is 0.0646. The van der Waals surface area contributed by atoms with E-state index in [9.17, 15) is 18.0 Å². The minimum Gasteiger partial charge on any atom is -0.478 e. The van der Waals surface area contributed by atoms with Gasteiger partial charge in [-0.3, -0.25) is 0 Å². The fourth-order valence-corrected chi connectivity index (χ4v) is 3.33. The number of carbonyl (C=O) groups is 1. The minimum atomic E-state index is -4.43. The van der Waals surface area contributed by atoms with E-state index in [1.54, 1.807) is 18.2 Å². The number of rotatable bonds is 2. The second kappa shape index (κ2) is 5.57. The first kappa shape index (κ1) is 15.9. The molecule has 2 aromatic carbocycles. The van der Waals surface area contributed by atoms with Crippen LogP contribution < -0.4 is 0 Å². The van der Waals surface area contributed by atoms with Gasteiger partial charge < -0.3 is 5.11 Å². The summed E-state index contributed by atoms with van der Waals surface area (Å²) in [7, 11) is 0. The number of carboxylic acid groups (broad SMARTS) is 1. The average molecular weight is 341 g/mol. The summed E-state index contributed by atoms with van der Waals surface area (Å²) in [5, 5.41) is 9.17. The predicted octanol–water partition coefficient (Wildman–Crippen LogP) is 4.94. The molecular formula is C17H12ClF3O2. The highest BCUT2D eigenvalue weighted by Crippen LogP contribution is 2.41. The number of halogens is 4. The summed E-state index contributed by atoms with van der Waals surface area (Å²) in [6, 6.07) is 8.59. The lowest BCUT2D eigenvalue weighted by molar-refractivity contribution is -0.137. The standard InChI is InChI=1S/C17H12ClF3O2/c18-15-8-13(17(19,20)21)6-12-5-11(7-14(12)15)9-2-1-3-10(4-9)16(22)23/h1-4,6,8,11H,5,7H2,(H,22,23). The van der Waals surface area contributed by atoms with E-state index < -0.39 is 17.7 Å². The third-order valence-electron chi connectivity index (χ3n) is 4.14. The Bertz CT molecular complexity index is 784. The van der Waals surface area contributed by atoms with Gasteiger partial charge in [-0.2, -0.15) is 13.2 Å². The van der Waals surface area contributed by atoms with Crippen LogP contribution in [0.1, 0.15) is 38.5 Å². The molecule has 1 atom stereocenters. The van der Waals surface area contributed by atoms with Crippen LogP contribution in [0.3, 0.4) is 0 Å². The molecule has 0 heterocycles. The Morgan fingerprint density at radius 2 is 1.91 bits per heavy atom. The van der Waals surface area contributed by atoms with Gasteiger partial charge in [-0.1, -0.05) is 23.7 Å². The normalized spacial score (nSPS) is 17.1. The van der Waals surface area contributed by atoms with Crippen LogP contribution in [0.2, 0.25) is 5.02 Å². The molecule has 0 saturated heterocycles. The molecule has 0 bridgehead atoms. The molecule has 0 spiro atoms. The van der Waals surface area contributed by atoms with Crippen molar-refractivity contribution in [2.24, 2.45) is 0 Å². The first-order valence-electron chi connectivity index (χ1n) is 6.97. The molecule has 2 aromatic rings. The van der Waals surface area contributed by atoms with E-state index in [1.807, 2.05) is 0 Å². The molecule has 1 unspecified atom stereocenters. The van der Waals surface area contributed by atoms with E-state index in [4.69, 9.17) is 16.7 Å². The lowest BCUT2D eigenvalue weighted by Crippen LogP contribution is -2.06. The second-order valence-corrected chi connectivity index (χ2v) is 6.04. The van der Waals surface area contributed by atoms with Crippen molar-refractivity contribution in [1.29, 1.82) is 0 Å². The van der Waals surface area contributed by atoms with Crippen LogP contribution >= 0.6 is 11.6 Å². The summed E-state index contributed by atoms with van der Waals surface area (Å²) in [5.41, 5.74) is 1.51. The SMILES string of the molecule is O=C(O)c1cccc(C2Cc3cc(C(F)(F)F)cc(Cl)c3C2)c1. The Labute approximate surface area is 135 Å². The number of benzene rings is 2. The molecule has 2 nitrogen and oxygen atoms in total. The van der Waals surface area contributed by atoms with Crippen LogP contribution in [-0.4, -0.2) is 11.1 Å². The third kappa shape index (κ3) is 3.06.